The van der Waals surface area contributed by atoms with E-state index in [1.165, 1.54) is 0 Å². The summed E-state index contributed by atoms with van der Waals surface area (Å²) in [4.78, 5) is 4.48. The van der Waals surface area contributed by atoms with Gasteiger partial charge >= 0.3 is 0 Å². The van der Waals surface area contributed by atoms with E-state index in [-0.39, 0.29) is 0 Å². The molecule has 3 aromatic rings. The average Bonchev–Trinajstić information content (AvgIpc) is 2.87. The molecule has 1 aromatic heterocycles. The highest BCUT2D eigenvalue weighted by Crippen LogP contribution is 2.26. The lowest BCUT2D eigenvalue weighted by Gasteiger charge is -2.08. The van der Waals surface area contributed by atoms with Gasteiger partial charge in [-0.2, -0.15) is 0 Å². The fraction of sp³-hybridized carbons (Fsp3) is 0.150. The standard InChI is InChI=1S/C20H19NO2/c1-14-6-4-5-7-20(14)23-19-10-8-18(9-11-19)21-13-17-12-15(2)22-16(17)3/h4-13H,1-3H3. The SMILES string of the molecule is Cc1cc(C=Nc2ccc(Oc3ccccc3C)cc2)c(C)o1. The van der Waals surface area contributed by atoms with Crippen molar-refractivity contribution in [2.24, 2.45) is 4.99 Å². The van der Waals surface area contributed by atoms with Crippen molar-refractivity contribution < 1.29 is 9.15 Å². The molecule has 0 bridgehead atoms. The quantitative estimate of drug-likeness (QED) is 0.575. The van der Waals surface area contributed by atoms with Crippen LogP contribution in [-0.4, -0.2) is 6.21 Å². The smallest absolute Gasteiger partial charge is 0.130 e. The molecule has 0 spiro atoms. The third-order valence-corrected chi connectivity index (χ3v) is 3.59. The van der Waals surface area contributed by atoms with Crippen LogP contribution in [0.3, 0.4) is 0 Å². The fourth-order valence-electron chi connectivity index (χ4n) is 2.32. The van der Waals surface area contributed by atoms with Crippen LogP contribution in [0.5, 0.6) is 11.5 Å². The topological polar surface area (TPSA) is 34.7 Å². The first-order valence-corrected chi connectivity index (χ1v) is 7.56. The Balaban J connectivity index is 1.72. The van der Waals surface area contributed by atoms with E-state index in [4.69, 9.17) is 9.15 Å². The van der Waals surface area contributed by atoms with Crippen molar-refractivity contribution in [3.8, 4) is 11.5 Å². The van der Waals surface area contributed by atoms with E-state index in [0.717, 1.165) is 39.8 Å². The number of aliphatic imine (C=N–C) groups is 1. The Labute approximate surface area is 136 Å². The second-order valence-corrected chi connectivity index (χ2v) is 5.49. The van der Waals surface area contributed by atoms with Crippen LogP contribution in [0, 0.1) is 20.8 Å². The predicted molar refractivity (Wildman–Crippen MR) is 93.1 cm³/mol. The summed E-state index contributed by atoms with van der Waals surface area (Å²) in [5, 5.41) is 0. The largest absolute Gasteiger partial charge is 0.466 e. The minimum atomic E-state index is 0.800. The molecule has 23 heavy (non-hydrogen) atoms. The summed E-state index contributed by atoms with van der Waals surface area (Å²) in [6.45, 7) is 5.90. The monoisotopic (exact) mass is 305 g/mol. The number of aryl methyl sites for hydroxylation is 3. The summed E-state index contributed by atoms with van der Waals surface area (Å²) in [7, 11) is 0. The summed E-state index contributed by atoms with van der Waals surface area (Å²) in [5.74, 6) is 3.44. The van der Waals surface area contributed by atoms with Crippen LogP contribution in [-0.2, 0) is 0 Å². The van der Waals surface area contributed by atoms with Gasteiger partial charge in [0.25, 0.3) is 0 Å². The van der Waals surface area contributed by atoms with Crippen molar-refractivity contribution in [2.75, 3.05) is 0 Å². The molecule has 0 aliphatic carbocycles. The molecule has 0 N–H and O–H groups in total. The summed E-state index contributed by atoms with van der Waals surface area (Å²) >= 11 is 0. The Bertz CT molecular complexity index is 829. The van der Waals surface area contributed by atoms with E-state index in [1.54, 1.807) is 0 Å². The molecule has 0 amide bonds. The van der Waals surface area contributed by atoms with Gasteiger partial charge in [0.15, 0.2) is 0 Å². The number of para-hydroxylation sites is 1. The van der Waals surface area contributed by atoms with Gasteiger partial charge in [0.2, 0.25) is 0 Å². The number of benzene rings is 2. The van der Waals surface area contributed by atoms with E-state index in [1.807, 2.05) is 81.6 Å². The second kappa shape index (κ2) is 6.53. The van der Waals surface area contributed by atoms with Crippen LogP contribution in [0.15, 0.2) is 64.0 Å². The summed E-state index contributed by atoms with van der Waals surface area (Å²) in [6, 6.07) is 17.7. The molecule has 3 nitrogen and oxygen atoms in total. The molecule has 3 rings (SSSR count). The number of furan rings is 1. The average molecular weight is 305 g/mol. The van der Waals surface area contributed by atoms with Crippen molar-refractivity contribution in [1.29, 1.82) is 0 Å². The number of nitrogens with zero attached hydrogens (tertiary/aromatic N) is 1. The van der Waals surface area contributed by atoms with Crippen LogP contribution in [0.25, 0.3) is 0 Å². The van der Waals surface area contributed by atoms with Crippen molar-refractivity contribution in [3.05, 3.63) is 77.2 Å². The van der Waals surface area contributed by atoms with E-state index in [2.05, 4.69) is 4.99 Å². The zero-order valence-corrected chi connectivity index (χ0v) is 13.5. The molecule has 116 valence electrons. The maximum Gasteiger partial charge on any atom is 0.130 e. The van der Waals surface area contributed by atoms with Crippen LogP contribution in [0.2, 0.25) is 0 Å². The second-order valence-electron chi connectivity index (χ2n) is 5.49. The van der Waals surface area contributed by atoms with Crippen LogP contribution in [0.4, 0.5) is 5.69 Å². The molecule has 1 heterocycles. The molecule has 0 fully saturated rings. The van der Waals surface area contributed by atoms with E-state index >= 15 is 0 Å². The van der Waals surface area contributed by atoms with E-state index in [0.29, 0.717) is 0 Å². The molecule has 0 radical (unpaired) electrons. The highest BCUT2D eigenvalue weighted by molar-refractivity contribution is 5.83. The first-order valence-electron chi connectivity index (χ1n) is 7.56. The first kappa shape index (κ1) is 15.1. The molecular weight excluding hydrogens is 286 g/mol. The summed E-state index contributed by atoms with van der Waals surface area (Å²) in [6.07, 6.45) is 1.82. The van der Waals surface area contributed by atoms with Gasteiger partial charge < -0.3 is 9.15 Å². The molecule has 2 aromatic carbocycles. The van der Waals surface area contributed by atoms with Crippen molar-refractivity contribution >= 4 is 11.9 Å². The molecule has 0 aliphatic heterocycles. The fourth-order valence-corrected chi connectivity index (χ4v) is 2.32. The third kappa shape index (κ3) is 3.69. The third-order valence-electron chi connectivity index (χ3n) is 3.59. The van der Waals surface area contributed by atoms with E-state index < -0.39 is 0 Å². The van der Waals surface area contributed by atoms with Gasteiger partial charge in [0.05, 0.1) is 5.69 Å². The van der Waals surface area contributed by atoms with Crippen molar-refractivity contribution in [1.82, 2.24) is 0 Å². The van der Waals surface area contributed by atoms with Gasteiger partial charge in [-0.05, 0) is 62.7 Å². The Morgan fingerprint density at radius 3 is 2.35 bits per heavy atom. The number of hydrogen-bond acceptors (Lipinski definition) is 3. The Morgan fingerprint density at radius 2 is 1.70 bits per heavy atom. The maximum atomic E-state index is 5.88. The van der Waals surface area contributed by atoms with Gasteiger partial charge in [0, 0.05) is 11.8 Å². The lowest BCUT2D eigenvalue weighted by Crippen LogP contribution is -1.86. The zero-order valence-electron chi connectivity index (χ0n) is 13.5. The zero-order chi connectivity index (χ0) is 16.2. The van der Waals surface area contributed by atoms with Gasteiger partial charge in [-0.25, -0.2) is 0 Å². The van der Waals surface area contributed by atoms with Gasteiger partial charge in [-0.15, -0.1) is 0 Å². The van der Waals surface area contributed by atoms with Crippen molar-refractivity contribution in [2.45, 2.75) is 20.8 Å². The molecule has 0 saturated heterocycles. The molecule has 0 saturated carbocycles. The lowest BCUT2D eigenvalue weighted by atomic mass is 10.2. The number of rotatable bonds is 4. The van der Waals surface area contributed by atoms with Gasteiger partial charge in [-0.1, -0.05) is 18.2 Å². The summed E-state index contributed by atoms with van der Waals surface area (Å²) < 4.78 is 11.4. The minimum Gasteiger partial charge on any atom is -0.466 e. The molecular formula is C20H19NO2. The lowest BCUT2D eigenvalue weighted by molar-refractivity contribution is 0.479. The Hall–Kier alpha value is -2.81. The number of hydrogen-bond donors (Lipinski definition) is 0. The Morgan fingerprint density at radius 1 is 0.957 bits per heavy atom. The Kier molecular flexibility index (Phi) is 4.29. The highest BCUT2D eigenvalue weighted by Gasteiger charge is 2.02. The van der Waals surface area contributed by atoms with Gasteiger partial charge in [0.1, 0.15) is 23.0 Å². The van der Waals surface area contributed by atoms with Gasteiger partial charge in [-0.3, -0.25) is 4.99 Å². The maximum absolute atomic E-state index is 5.88. The first-order chi connectivity index (χ1) is 11.1. The number of ether oxygens (including phenoxy) is 1. The predicted octanol–water partition coefficient (Wildman–Crippen LogP) is 5.75. The van der Waals surface area contributed by atoms with Crippen LogP contribution >= 0.6 is 0 Å². The summed E-state index contributed by atoms with van der Waals surface area (Å²) in [5.41, 5.74) is 2.99. The van der Waals surface area contributed by atoms with Crippen molar-refractivity contribution in [3.63, 3.8) is 0 Å². The minimum absolute atomic E-state index is 0.800. The van der Waals surface area contributed by atoms with Crippen LogP contribution in [0.1, 0.15) is 22.6 Å². The molecule has 0 unspecified atom stereocenters. The van der Waals surface area contributed by atoms with Crippen LogP contribution < -0.4 is 4.74 Å². The molecule has 3 heteroatoms. The van der Waals surface area contributed by atoms with E-state index in [9.17, 15) is 0 Å². The molecule has 0 atom stereocenters. The normalized spacial score (nSPS) is 11.1. The highest BCUT2D eigenvalue weighted by atomic mass is 16.5. The molecule has 0 aliphatic rings.